The topological polar surface area (TPSA) is 103 Å². The predicted molar refractivity (Wildman–Crippen MR) is 115 cm³/mol. The molecule has 32 heavy (non-hydrogen) atoms. The van der Waals surface area contributed by atoms with E-state index in [2.05, 4.69) is 11.9 Å². The second-order valence-corrected chi connectivity index (χ2v) is 9.34. The lowest BCUT2D eigenvalue weighted by Crippen LogP contribution is -2.45. The Kier molecular flexibility index (Phi) is 4.96. The van der Waals surface area contributed by atoms with Gasteiger partial charge in [0.1, 0.15) is 17.9 Å². The van der Waals surface area contributed by atoms with Crippen molar-refractivity contribution in [2.75, 3.05) is 25.6 Å². The Balaban J connectivity index is 1.66. The van der Waals surface area contributed by atoms with Gasteiger partial charge in [-0.05, 0) is 38.6 Å². The van der Waals surface area contributed by atoms with Crippen LogP contribution in [0, 0.1) is 0 Å². The first-order valence-corrected chi connectivity index (χ1v) is 11.0. The normalized spacial score (nSPS) is 33.5. The molecule has 1 spiro atoms. The number of aliphatic hydroxyl groups is 1. The number of amides is 2. The summed E-state index contributed by atoms with van der Waals surface area (Å²) in [5, 5.41) is 21.7. The molecule has 2 N–H and O–H groups in total. The van der Waals surface area contributed by atoms with Crippen molar-refractivity contribution in [2.24, 2.45) is 0 Å². The SMILES string of the molecule is CON1C(=O)C(N(C(=O)O)c2ccc3c4c2O[C@H]2CC(O)C=C[C@@]42CCN(C)C3)CC1C. The summed E-state index contributed by atoms with van der Waals surface area (Å²) in [5.41, 5.74) is 2.03. The van der Waals surface area contributed by atoms with Crippen LogP contribution in [0.2, 0.25) is 0 Å². The van der Waals surface area contributed by atoms with Crippen molar-refractivity contribution in [1.82, 2.24) is 9.96 Å². The fourth-order valence-corrected chi connectivity index (χ4v) is 5.89. The molecular weight excluding hydrogens is 414 g/mol. The molecule has 0 bridgehead atoms. The summed E-state index contributed by atoms with van der Waals surface area (Å²) in [6, 6.07) is 2.57. The lowest BCUT2D eigenvalue weighted by molar-refractivity contribution is -0.176. The predicted octanol–water partition coefficient (Wildman–Crippen LogP) is 1.88. The summed E-state index contributed by atoms with van der Waals surface area (Å²) in [7, 11) is 3.48. The van der Waals surface area contributed by atoms with Crippen molar-refractivity contribution in [2.45, 2.75) is 62.4 Å². The average molecular weight is 444 g/mol. The Labute approximate surface area is 186 Å². The number of hydroxylamine groups is 2. The van der Waals surface area contributed by atoms with Crippen LogP contribution < -0.4 is 9.64 Å². The maximum atomic E-state index is 13.0. The van der Waals surface area contributed by atoms with Crippen LogP contribution in [0.5, 0.6) is 5.75 Å². The molecule has 0 radical (unpaired) electrons. The number of carbonyl (C=O) groups is 2. The highest BCUT2D eigenvalue weighted by Gasteiger charge is 2.54. The number of nitrogens with zero attached hydrogens (tertiary/aromatic N) is 3. The van der Waals surface area contributed by atoms with E-state index in [0.29, 0.717) is 24.3 Å². The molecule has 5 atom stereocenters. The molecule has 1 aromatic carbocycles. The van der Waals surface area contributed by atoms with Gasteiger partial charge in [0.15, 0.2) is 0 Å². The van der Waals surface area contributed by atoms with Gasteiger partial charge in [0.2, 0.25) is 0 Å². The average Bonchev–Trinajstić information content (AvgIpc) is 3.16. The van der Waals surface area contributed by atoms with Gasteiger partial charge < -0.3 is 19.8 Å². The van der Waals surface area contributed by atoms with E-state index >= 15 is 0 Å². The summed E-state index contributed by atoms with van der Waals surface area (Å²) in [5.74, 6) is 0.130. The summed E-state index contributed by atoms with van der Waals surface area (Å²) in [6.07, 6.45) is 3.35. The van der Waals surface area contributed by atoms with Crippen LogP contribution in [0.1, 0.15) is 37.3 Å². The van der Waals surface area contributed by atoms with Crippen molar-refractivity contribution >= 4 is 17.7 Å². The Hall–Kier alpha value is -2.62. The number of hydrogen-bond acceptors (Lipinski definition) is 6. The molecule has 1 saturated heterocycles. The van der Waals surface area contributed by atoms with E-state index in [0.717, 1.165) is 35.5 Å². The highest BCUT2D eigenvalue weighted by atomic mass is 16.7. The number of carboxylic acid groups (broad SMARTS) is 1. The Morgan fingerprint density at radius 2 is 2.12 bits per heavy atom. The molecular formula is C23H29N3O6. The number of rotatable bonds is 3. The van der Waals surface area contributed by atoms with Gasteiger partial charge in [-0.1, -0.05) is 18.2 Å². The van der Waals surface area contributed by atoms with Crippen LogP contribution in [0.15, 0.2) is 24.3 Å². The molecule has 3 unspecified atom stereocenters. The molecule has 9 heteroatoms. The van der Waals surface area contributed by atoms with Gasteiger partial charge in [-0.2, -0.15) is 0 Å². The highest BCUT2D eigenvalue weighted by Crippen LogP contribution is 2.56. The van der Waals surface area contributed by atoms with Crippen molar-refractivity contribution in [3.63, 3.8) is 0 Å². The maximum Gasteiger partial charge on any atom is 0.412 e. The third kappa shape index (κ3) is 2.95. The number of benzene rings is 1. The van der Waals surface area contributed by atoms with Crippen LogP contribution in [0.4, 0.5) is 10.5 Å². The lowest BCUT2D eigenvalue weighted by Gasteiger charge is -2.35. The fourth-order valence-electron chi connectivity index (χ4n) is 5.89. The first-order valence-electron chi connectivity index (χ1n) is 11.0. The van der Waals surface area contributed by atoms with Gasteiger partial charge in [-0.15, -0.1) is 0 Å². The standard InChI is InChI=1S/C23H29N3O6/c1-13-10-17(21(28)26(13)31-3)25(22(29)30)16-5-4-14-12-24(2)9-8-23-7-6-15(27)11-18(23)32-20(16)19(14)23/h4-7,13,15,17-18,27H,8-12H2,1-3H3,(H,29,30)/t13?,15?,17?,18-,23-/m0/s1. The molecule has 9 nitrogen and oxygen atoms in total. The summed E-state index contributed by atoms with van der Waals surface area (Å²) < 4.78 is 6.43. The van der Waals surface area contributed by atoms with E-state index in [-0.39, 0.29) is 18.1 Å². The van der Waals surface area contributed by atoms with Crippen molar-refractivity contribution < 1.29 is 29.4 Å². The van der Waals surface area contributed by atoms with Gasteiger partial charge in [-0.3, -0.25) is 14.5 Å². The first kappa shape index (κ1) is 21.2. The lowest BCUT2D eigenvalue weighted by atomic mass is 9.69. The second-order valence-electron chi connectivity index (χ2n) is 9.34. The van der Waals surface area contributed by atoms with Gasteiger partial charge in [0.25, 0.3) is 5.91 Å². The molecule has 2 amide bonds. The largest absolute Gasteiger partial charge is 0.487 e. The zero-order valence-electron chi connectivity index (χ0n) is 18.5. The Morgan fingerprint density at radius 1 is 1.34 bits per heavy atom. The van der Waals surface area contributed by atoms with Crippen LogP contribution in [-0.2, 0) is 21.6 Å². The van der Waals surface area contributed by atoms with Crippen LogP contribution >= 0.6 is 0 Å². The molecule has 4 aliphatic rings. The number of hydrogen-bond donors (Lipinski definition) is 2. The molecule has 0 saturated carbocycles. The van der Waals surface area contributed by atoms with Gasteiger partial charge in [0, 0.05) is 24.9 Å². The van der Waals surface area contributed by atoms with Crippen LogP contribution in [0.3, 0.4) is 0 Å². The monoisotopic (exact) mass is 443 g/mol. The molecule has 172 valence electrons. The number of anilines is 1. The third-order valence-corrected chi connectivity index (χ3v) is 7.38. The minimum atomic E-state index is -1.21. The van der Waals surface area contributed by atoms with Gasteiger partial charge >= 0.3 is 6.09 Å². The quantitative estimate of drug-likeness (QED) is 0.688. The summed E-state index contributed by atoms with van der Waals surface area (Å²) in [6.45, 7) is 3.41. The number of ether oxygens (including phenoxy) is 1. The van der Waals surface area contributed by atoms with Crippen molar-refractivity contribution in [3.05, 3.63) is 35.4 Å². The Bertz CT molecular complexity index is 996. The van der Waals surface area contributed by atoms with Crippen molar-refractivity contribution in [3.8, 4) is 5.75 Å². The van der Waals surface area contributed by atoms with E-state index in [1.807, 2.05) is 25.1 Å². The minimum Gasteiger partial charge on any atom is -0.487 e. The Morgan fingerprint density at radius 3 is 2.81 bits per heavy atom. The summed E-state index contributed by atoms with van der Waals surface area (Å²) >= 11 is 0. The first-order chi connectivity index (χ1) is 15.3. The molecule has 1 aromatic rings. The molecule has 1 aliphatic carbocycles. The van der Waals surface area contributed by atoms with E-state index < -0.39 is 23.7 Å². The maximum absolute atomic E-state index is 13.0. The second kappa shape index (κ2) is 7.47. The van der Waals surface area contributed by atoms with Gasteiger partial charge in [0.05, 0.1) is 30.4 Å². The fraction of sp³-hybridized carbons (Fsp3) is 0.565. The molecule has 0 aromatic heterocycles. The van der Waals surface area contributed by atoms with Crippen LogP contribution in [0.25, 0.3) is 0 Å². The van der Waals surface area contributed by atoms with Crippen LogP contribution in [-0.4, -0.2) is 77.2 Å². The molecule has 3 heterocycles. The molecule has 5 rings (SSSR count). The minimum absolute atomic E-state index is 0.240. The van der Waals surface area contributed by atoms with E-state index in [1.165, 1.54) is 12.2 Å². The highest BCUT2D eigenvalue weighted by molar-refractivity contribution is 5.99. The van der Waals surface area contributed by atoms with E-state index in [1.54, 1.807) is 6.07 Å². The van der Waals surface area contributed by atoms with Gasteiger partial charge in [-0.25, -0.2) is 9.86 Å². The van der Waals surface area contributed by atoms with Crippen molar-refractivity contribution in [1.29, 1.82) is 0 Å². The van der Waals surface area contributed by atoms with E-state index in [4.69, 9.17) is 9.57 Å². The third-order valence-electron chi connectivity index (χ3n) is 7.38. The molecule has 3 aliphatic heterocycles. The van der Waals surface area contributed by atoms with E-state index in [9.17, 15) is 19.8 Å². The zero-order valence-corrected chi connectivity index (χ0v) is 18.5. The summed E-state index contributed by atoms with van der Waals surface area (Å²) in [4.78, 5) is 34.0. The number of aliphatic hydroxyl groups excluding tert-OH is 1. The number of carbonyl (C=O) groups excluding carboxylic acids is 1. The smallest absolute Gasteiger partial charge is 0.412 e. The zero-order chi connectivity index (χ0) is 22.8. The molecule has 1 fully saturated rings.